The van der Waals surface area contributed by atoms with Crippen molar-refractivity contribution in [2.45, 2.75) is 19.9 Å². The number of pyridine rings is 1. The molecule has 0 bridgehead atoms. The Bertz CT molecular complexity index is 661. The number of aliphatic imine (C=N–C) groups is 1. The van der Waals surface area contributed by atoms with Crippen LogP contribution in [0.4, 0.5) is 0 Å². The van der Waals surface area contributed by atoms with Crippen molar-refractivity contribution in [2.24, 2.45) is 4.99 Å². The molecule has 0 aliphatic carbocycles. The molecule has 0 atom stereocenters. The molecular weight excluding hydrogens is 348 g/mol. The number of likely N-dealkylation sites (N-methyl/N-ethyl adjacent to an activating group) is 1. The summed E-state index contributed by atoms with van der Waals surface area (Å²) in [5.74, 6) is 1.50. The van der Waals surface area contributed by atoms with Crippen LogP contribution >= 0.6 is 11.3 Å². The Kier molecular flexibility index (Phi) is 8.92. The van der Waals surface area contributed by atoms with Gasteiger partial charge in [0.15, 0.2) is 5.96 Å². The van der Waals surface area contributed by atoms with Gasteiger partial charge in [0.25, 0.3) is 0 Å². The van der Waals surface area contributed by atoms with Crippen LogP contribution in [0.1, 0.15) is 17.4 Å². The molecule has 0 aliphatic rings. The summed E-state index contributed by atoms with van der Waals surface area (Å²) in [7, 11) is 3.72. The Hall–Kier alpha value is -2.12. The van der Waals surface area contributed by atoms with Gasteiger partial charge in [0.1, 0.15) is 6.61 Å². The van der Waals surface area contributed by atoms with E-state index in [1.165, 1.54) is 4.88 Å². The minimum absolute atomic E-state index is 0.477. The van der Waals surface area contributed by atoms with E-state index in [1.54, 1.807) is 24.6 Å². The van der Waals surface area contributed by atoms with E-state index in [1.807, 2.05) is 12.1 Å². The van der Waals surface area contributed by atoms with Crippen molar-refractivity contribution >= 4 is 17.3 Å². The molecule has 0 radical (unpaired) electrons. The number of thiophene rings is 1. The molecule has 2 heterocycles. The zero-order chi connectivity index (χ0) is 18.6. The number of guanidine groups is 1. The molecule has 0 aliphatic heterocycles. The van der Waals surface area contributed by atoms with Crippen LogP contribution in [0.15, 0.2) is 40.8 Å². The fraction of sp³-hybridized carbons (Fsp3) is 0.474. The summed E-state index contributed by atoms with van der Waals surface area (Å²) in [6, 6.07) is 8.16. The topological polar surface area (TPSA) is 59.0 Å². The van der Waals surface area contributed by atoms with E-state index in [0.29, 0.717) is 25.6 Å². The fourth-order valence-electron chi connectivity index (χ4n) is 2.36. The molecule has 0 fully saturated rings. The van der Waals surface area contributed by atoms with Crippen LogP contribution in [0.2, 0.25) is 0 Å². The first kappa shape index (κ1) is 20.2. The average molecular weight is 377 g/mol. The summed E-state index contributed by atoms with van der Waals surface area (Å²) in [5.41, 5.74) is 0.964. The third kappa shape index (κ3) is 6.65. The minimum Gasteiger partial charge on any atom is -0.475 e. The maximum Gasteiger partial charge on any atom is 0.218 e. The zero-order valence-electron chi connectivity index (χ0n) is 15.8. The average Bonchev–Trinajstić information content (AvgIpc) is 3.18. The highest BCUT2D eigenvalue weighted by Crippen LogP contribution is 2.15. The molecule has 2 aromatic rings. The van der Waals surface area contributed by atoms with Crippen LogP contribution in [0.25, 0.3) is 0 Å². The van der Waals surface area contributed by atoms with Gasteiger partial charge < -0.3 is 19.7 Å². The van der Waals surface area contributed by atoms with Crippen molar-refractivity contribution < 1.29 is 9.47 Å². The normalized spacial score (nSPS) is 11.4. The molecule has 7 heteroatoms. The highest BCUT2D eigenvalue weighted by Gasteiger charge is 2.08. The molecule has 0 saturated carbocycles. The summed E-state index contributed by atoms with van der Waals surface area (Å²) in [6.07, 6.45) is 2.74. The molecule has 0 aromatic carbocycles. The molecular formula is C19H28N4O2S. The molecule has 26 heavy (non-hydrogen) atoms. The van der Waals surface area contributed by atoms with Crippen LogP contribution < -0.4 is 10.1 Å². The van der Waals surface area contributed by atoms with Crippen molar-refractivity contribution in [3.8, 4) is 5.88 Å². The van der Waals surface area contributed by atoms with Gasteiger partial charge in [-0.2, -0.15) is 0 Å². The number of methoxy groups -OCH3 is 1. The van der Waals surface area contributed by atoms with Gasteiger partial charge in [-0.25, -0.2) is 9.98 Å². The number of ether oxygens (including phenoxy) is 2. The van der Waals surface area contributed by atoms with Crippen molar-refractivity contribution in [1.29, 1.82) is 0 Å². The maximum atomic E-state index is 5.69. The second-order valence-electron chi connectivity index (χ2n) is 5.73. The summed E-state index contributed by atoms with van der Waals surface area (Å²) < 4.78 is 10.7. The van der Waals surface area contributed by atoms with Gasteiger partial charge in [-0.15, -0.1) is 11.3 Å². The first-order valence-corrected chi connectivity index (χ1v) is 9.70. The van der Waals surface area contributed by atoms with Crippen molar-refractivity contribution in [2.75, 3.05) is 40.5 Å². The van der Waals surface area contributed by atoms with Gasteiger partial charge in [0.2, 0.25) is 5.88 Å². The number of rotatable bonds is 10. The van der Waals surface area contributed by atoms with E-state index in [2.05, 4.69) is 46.7 Å². The van der Waals surface area contributed by atoms with E-state index in [4.69, 9.17) is 14.5 Å². The lowest BCUT2D eigenvalue weighted by Crippen LogP contribution is -2.39. The first-order valence-electron chi connectivity index (χ1n) is 8.82. The molecule has 0 unspecified atom stereocenters. The third-order valence-corrected chi connectivity index (χ3v) is 4.68. The largest absolute Gasteiger partial charge is 0.475 e. The highest BCUT2D eigenvalue weighted by molar-refractivity contribution is 7.09. The van der Waals surface area contributed by atoms with Crippen molar-refractivity contribution in [3.63, 3.8) is 0 Å². The molecule has 0 amide bonds. The van der Waals surface area contributed by atoms with E-state index < -0.39 is 0 Å². The molecule has 2 rings (SSSR count). The van der Waals surface area contributed by atoms with Crippen molar-refractivity contribution in [3.05, 3.63) is 46.3 Å². The predicted molar refractivity (Wildman–Crippen MR) is 107 cm³/mol. The summed E-state index contributed by atoms with van der Waals surface area (Å²) in [4.78, 5) is 12.6. The predicted octanol–water partition coefficient (Wildman–Crippen LogP) is 2.81. The van der Waals surface area contributed by atoms with E-state index >= 15 is 0 Å². The fourth-order valence-corrected chi connectivity index (χ4v) is 3.06. The number of aromatic nitrogens is 1. The monoisotopic (exact) mass is 376 g/mol. The Labute approximate surface area is 159 Å². The highest BCUT2D eigenvalue weighted by atomic mass is 32.1. The Morgan fingerprint density at radius 2 is 2.19 bits per heavy atom. The minimum atomic E-state index is 0.477. The van der Waals surface area contributed by atoms with E-state index in [0.717, 1.165) is 31.0 Å². The second kappa shape index (κ2) is 11.5. The van der Waals surface area contributed by atoms with Crippen molar-refractivity contribution in [1.82, 2.24) is 15.2 Å². The van der Waals surface area contributed by atoms with Crippen LogP contribution in [0.3, 0.4) is 0 Å². The number of hydrogen-bond donors (Lipinski definition) is 1. The number of hydrogen-bond acceptors (Lipinski definition) is 5. The number of nitrogens with zero attached hydrogens (tertiary/aromatic N) is 3. The van der Waals surface area contributed by atoms with Crippen LogP contribution in [0, 0.1) is 0 Å². The zero-order valence-corrected chi connectivity index (χ0v) is 16.6. The molecule has 0 spiro atoms. The quantitative estimate of drug-likeness (QED) is 0.393. The summed E-state index contributed by atoms with van der Waals surface area (Å²) in [5, 5.41) is 5.47. The molecule has 1 N–H and O–H groups in total. The Balaban J connectivity index is 1.99. The van der Waals surface area contributed by atoms with Crippen LogP contribution in [-0.2, 0) is 17.7 Å². The summed E-state index contributed by atoms with van der Waals surface area (Å²) in [6.45, 7) is 5.34. The van der Waals surface area contributed by atoms with E-state index in [-0.39, 0.29) is 0 Å². The maximum absolute atomic E-state index is 5.69. The van der Waals surface area contributed by atoms with Gasteiger partial charge in [-0.3, -0.25) is 0 Å². The third-order valence-electron chi connectivity index (χ3n) is 3.75. The molecule has 142 valence electrons. The standard InChI is InChI=1S/C19H28N4O2S/c1-4-20-19(23(2)11-9-17-8-6-14-26-17)22-15-16-7-5-10-21-18(16)25-13-12-24-3/h5-8,10,14H,4,9,11-13,15H2,1-3H3,(H,20,22). The Morgan fingerprint density at radius 3 is 2.92 bits per heavy atom. The number of nitrogens with one attached hydrogen (secondary N) is 1. The lowest BCUT2D eigenvalue weighted by Gasteiger charge is -2.22. The smallest absolute Gasteiger partial charge is 0.218 e. The van der Waals surface area contributed by atoms with Gasteiger partial charge in [-0.1, -0.05) is 12.1 Å². The lowest BCUT2D eigenvalue weighted by atomic mass is 10.3. The van der Waals surface area contributed by atoms with Gasteiger partial charge >= 0.3 is 0 Å². The van der Waals surface area contributed by atoms with Crippen LogP contribution in [-0.4, -0.2) is 56.3 Å². The molecule has 0 saturated heterocycles. The summed E-state index contributed by atoms with van der Waals surface area (Å²) >= 11 is 1.79. The van der Waals surface area contributed by atoms with E-state index in [9.17, 15) is 0 Å². The SMILES string of the molecule is CCNC(=NCc1cccnc1OCCOC)N(C)CCc1cccs1. The van der Waals surface area contributed by atoms with Gasteiger partial charge in [0, 0.05) is 43.9 Å². The molecule has 6 nitrogen and oxygen atoms in total. The van der Waals surface area contributed by atoms with Gasteiger partial charge in [-0.05, 0) is 30.9 Å². The lowest BCUT2D eigenvalue weighted by molar-refractivity contribution is 0.143. The Morgan fingerprint density at radius 1 is 1.31 bits per heavy atom. The first-order chi connectivity index (χ1) is 12.7. The van der Waals surface area contributed by atoms with Gasteiger partial charge in [0.05, 0.1) is 13.2 Å². The second-order valence-corrected chi connectivity index (χ2v) is 6.76. The van der Waals surface area contributed by atoms with Crippen LogP contribution in [0.5, 0.6) is 5.88 Å². The molecule has 2 aromatic heterocycles.